The standard InChI is InChI=1S/C14H20N2O/c1-4-10-5-6-13-11(7-10)12(9-16(13)3)14(17)8-15-2/h5-7,9,14-15,17H,4,8H2,1-3H3. The van der Waals surface area contributed by atoms with E-state index in [-0.39, 0.29) is 0 Å². The molecule has 1 atom stereocenters. The molecule has 0 saturated carbocycles. The van der Waals surface area contributed by atoms with E-state index in [4.69, 9.17) is 0 Å². The number of aliphatic hydroxyl groups excluding tert-OH is 1. The summed E-state index contributed by atoms with van der Waals surface area (Å²) in [4.78, 5) is 0. The molecule has 17 heavy (non-hydrogen) atoms. The zero-order valence-electron chi connectivity index (χ0n) is 10.7. The van der Waals surface area contributed by atoms with Gasteiger partial charge in [-0.25, -0.2) is 0 Å². The van der Waals surface area contributed by atoms with Crippen molar-refractivity contribution in [3.63, 3.8) is 0 Å². The highest BCUT2D eigenvalue weighted by atomic mass is 16.3. The third kappa shape index (κ3) is 2.21. The Morgan fingerprint density at radius 2 is 2.18 bits per heavy atom. The van der Waals surface area contributed by atoms with E-state index in [1.807, 2.05) is 20.3 Å². The highest BCUT2D eigenvalue weighted by molar-refractivity contribution is 5.85. The molecule has 0 saturated heterocycles. The minimum Gasteiger partial charge on any atom is -0.387 e. The molecule has 2 aromatic rings. The third-order valence-electron chi connectivity index (χ3n) is 3.25. The van der Waals surface area contributed by atoms with Crippen molar-refractivity contribution in [2.45, 2.75) is 19.4 Å². The van der Waals surface area contributed by atoms with Crippen LogP contribution >= 0.6 is 0 Å². The van der Waals surface area contributed by atoms with Crippen molar-refractivity contribution in [3.05, 3.63) is 35.5 Å². The van der Waals surface area contributed by atoms with Gasteiger partial charge in [-0.3, -0.25) is 0 Å². The van der Waals surface area contributed by atoms with Gasteiger partial charge in [0.15, 0.2) is 0 Å². The molecule has 0 aliphatic rings. The van der Waals surface area contributed by atoms with E-state index in [2.05, 4.69) is 35.0 Å². The topological polar surface area (TPSA) is 37.2 Å². The molecule has 0 aliphatic heterocycles. The van der Waals surface area contributed by atoms with Crippen LogP contribution in [0, 0.1) is 0 Å². The number of hydrogen-bond acceptors (Lipinski definition) is 2. The number of nitrogens with zero attached hydrogens (tertiary/aromatic N) is 1. The van der Waals surface area contributed by atoms with E-state index >= 15 is 0 Å². The van der Waals surface area contributed by atoms with Crippen LogP contribution in [0.2, 0.25) is 0 Å². The van der Waals surface area contributed by atoms with Gasteiger partial charge in [0.1, 0.15) is 0 Å². The second-order valence-electron chi connectivity index (χ2n) is 4.47. The maximum atomic E-state index is 10.1. The van der Waals surface area contributed by atoms with E-state index in [0.717, 1.165) is 17.4 Å². The molecule has 92 valence electrons. The van der Waals surface area contributed by atoms with Crippen LogP contribution in [0.25, 0.3) is 10.9 Å². The summed E-state index contributed by atoms with van der Waals surface area (Å²) in [7, 11) is 3.87. The molecule has 3 heteroatoms. The van der Waals surface area contributed by atoms with Gasteiger partial charge in [-0.05, 0) is 31.2 Å². The first-order chi connectivity index (χ1) is 8.17. The fraction of sp³-hybridized carbons (Fsp3) is 0.429. The van der Waals surface area contributed by atoms with E-state index in [1.165, 1.54) is 11.1 Å². The lowest BCUT2D eigenvalue weighted by atomic mass is 10.0. The maximum Gasteiger partial charge on any atom is 0.0934 e. The Morgan fingerprint density at radius 3 is 2.82 bits per heavy atom. The predicted octanol–water partition coefficient (Wildman–Crippen LogP) is 1.99. The summed E-state index contributed by atoms with van der Waals surface area (Å²) < 4.78 is 2.07. The van der Waals surface area contributed by atoms with Crippen molar-refractivity contribution in [2.75, 3.05) is 13.6 Å². The monoisotopic (exact) mass is 232 g/mol. The average Bonchev–Trinajstić information content (AvgIpc) is 2.66. The summed E-state index contributed by atoms with van der Waals surface area (Å²) in [5, 5.41) is 14.3. The summed E-state index contributed by atoms with van der Waals surface area (Å²) in [5.41, 5.74) is 3.49. The molecule has 3 nitrogen and oxygen atoms in total. The minimum atomic E-state index is -0.448. The highest BCUT2D eigenvalue weighted by Crippen LogP contribution is 2.27. The molecule has 1 heterocycles. The van der Waals surface area contributed by atoms with Crippen molar-refractivity contribution in [2.24, 2.45) is 7.05 Å². The molecular formula is C14H20N2O. The Bertz CT molecular complexity index is 516. The van der Waals surface area contributed by atoms with Gasteiger partial charge in [0.2, 0.25) is 0 Å². The van der Waals surface area contributed by atoms with Crippen LogP contribution in [0.1, 0.15) is 24.2 Å². The first kappa shape index (κ1) is 12.1. The van der Waals surface area contributed by atoms with Gasteiger partial charge in [-0.15, -0.1) is 0 Å². The zero-order chi connectivity index (χ0) is 12.4. The van der Waals surface area contributed by atoms with Gasteiger partial charge in [0, 0.05) is 36.3 Å². The number of aromatic nitrogens is 1. The van der Waals surface area contributed by atoms with Crippen LogP contribution in [-0.4, -0.2) is 23.3 Å². The lowest BCUT2D eigenvalue weighted by molar-refractivity contribution is 0.179. The SMILES string of the molecule is CCc1ccc2c(c1)c(C(O)CNC)cn2C. The Morgan fingerprint density at radius 1 is 1.41 bits per heavy atom. The number of likely N-dealkylation sites (N-methyl/N-ethyl adjacent to an activating group) is 1. The van der Waals surface area contributed by atoms with Crippen LogP contribution in [0.4, 0.5) is 0 Å². The number of aliphatic hydroxyl groups is 1. The largest absolute Gasteiger partial charge is 0.387 e. The lowest BCUT2D eigenvalue weighted by Gasteiger charge is -2.08. The van der Waals surface area contributed by atoms with Gasteiger partial charge in [0.05, 0.1) is 6.10 Å². The van der Waals surface area contributed by atoms with Crippen LogP contribution in [0.15, 0.2) is 24.4 Å². The third-order valence-corrected chi connectivity index (χ3v) is 3.25. The normalized spacial score (nSPS) is 13.2. The van der Waals surface area contributed by atoms with E-state index in [1.54, 1.807) is 0 Å². The fourth-order valence-corrected chi connectivity index (χ4v) is 2.26. The molecule has 0 radical (unpaired) electrons. The molecule has 0 bridgehead atoms. The molecule has 1 aromatic heterocycles. The summed E-state index contributed by atoms with van der Waals surface area (Å²) in [5.74, 6) is 0. The number of benzene rings is 1. The molecule has 0 fully saturated rings. The van der Waals surface area contributed by atoms with E-state index in [9.17, 15) is 5.11 Å². The van der Waals surface area contributed by atoms with Crippen molar-refractivity contribution in [1.82, 2.24) is 9.88 Å². The summed E-state index contributed by atoms with van der Waals surface area (Å²) in [6, 6.07) is 6.46. The summed E-state index contributed by atoms with van der Waals surface area (Å²) >= 11 is 0. The van der Waals surface area contributed by atoms with Crippen LogP contribution in [0.3, 0.4) is 0 Å². The van der Waals surface area contributed by atoms with Gasteiger partial charge < -0.3 is 15.0 Å². The number of fused-ring (bicyclic) bond motifs is 1. The molecule has 0 amide bonds. The molecule has 1 aromatic carbocycles. The number of rotatable bonds is 4. The molecular weight excluding hydrogens is 212 g/mol. The zero-order valence-corrected chi connectivity index (χ0v) is 10.7. The van der Waals surface area contributed by atoms with E-state index in [0.29, 0.717) is 6.54 Å². The molecule has 0 aliphatic carbocycles. The van der Waals surface area contributed by atoms with Crippen molar-refractivity contribution < 1.29 is 5.11 Å². The van der Waals surface area contributed by atoms with Gasteiger partial charge in [-0.2, -0.15) is 0 Å². The number of aryl methyl sites for hydroxylation is 2. The fourth-order valence-electron chi connectivity index (χ4n) is 2.26. The van der Waals surface area contributed by atoms with Crippen molar-refractivity contribution in [1.29, 1.82) is 0 Å². The second kappa shape index (κ2) is 4.90. The Balaban J connectivity index is 2.54. The van der Waals surface area contributed by atoms with E-state index < -0.39 is 6.10 Å². The lowest BCUT2D eigenvalue weighted by Crippen LogP contribution is -2.16. The van der Waals surface area contributed by atoms with Crippen LogP contribution in [0.5, 0.6) is 0 Å². The second-order valence-corrected chi connectivity index (χ2v) is 4.47. The first-order valence-electron chi connectivity index (χ1n) is 6.08. The number of hydrogen-bond donors (Lipinski definition) is 2. The molecule has 2 rings (SSSR count). The van der Waals surface area contributed by atoms with Gasteiger partial charge in [-0.1, -0.05) is 13.0 Å². The Labute approximate surface area is 102 Å². The Kier molecular flexibility index (Phi) is 3.50. The van der Waals surface area contributed by atoms with Crippen molar-refractivity contribution in [3.8, 4) is 0 Å². The summed E-state index contributed by atoms with van der Waals surface area (Å²) in [6.45, 7) is 2.73. The number of nitrogens with one attached hydrogen (secondary N) is 1. The molecule has 0 spiro atoms. The minimum absolute atomic E-state index is 0.448. The molecule has 2 N–H and O–H groups in total. The maximum absolute atomic E-state index is 10.1. The van der Waals surface area contributed by atoms with Crippen molar-refractivity contribution >= 4 is 10.9 Å². The van der Waals surface area contributed by atoms with Crippen LogP contribution < -0.4 is 5.32 Å². The predicted molar refractivity (Wildman–Crippen MR) is 71.2 cm³/mol. The first-order valence-corrected chi connectivity index (χ1v) is 6.08. The van der Waals surface area contributed by atoms with Gasteiger partial charge >= 0.3 is 0 Å². The van der Waals surface area contributed by atoms with Gasteiger partial charge in [0.25, 0.3) is 0 Å². The smallest absolute Gasteiger partial charge is 0.0934 e. The molecule has 1 unspecified atom stereocenters. The average molecular weight is 232 g/mol. The van der Waals surface area contributed by atoms with Crippen LogP contribution in [-0.2, 0) is 13.5 Å². The summed E-state index contributed by atoms with van der Waals surface area (Å²) in [6.07, 6.45) is 2.59. The quantitative estimate of drug-likeness (QED) is 0.846. The highest BCUT2D eigenvalue weighted by Gasteiger charge is 2.14. The Hall–Kier alpha value is -1.32.